The van der Waals surface area contributed by atoms with Crippen LogP contribution < -0.4 is 5.73 Å². The minimum absolute atomic E-state index is 0.0764. The first-order chi connectivity index (χ1) is 7.97. The average molecular weight is 255 g/mol. The molecule has 0 aliphatic heterocycles. The predicted molar refractivity (Wildman–Crippen MR) is 75.4 cm³/mol. The monoisotopic (exact) mass is 254 g/mol. The van der Waals surface area contributed by atoms with Gasteiger partial charge in [-0.2, -0.15) is 0 Å². The zero-order chi connectivity index (χ0) is 13.0. The molecule has 0 spiro atoms. The summed E-state index contributed by atoms with van der Waals surface area (Å²) < 4.78 is 0. The van der Waals surface area contributed by atoms with Crippen molar-refractivity contribution in [3.8, 4) is 0 Å². The van der Waals surface area contributed by atoms with Crippen LogP contribution in [0.5, 0.6) is 0 Å². The number of halogens is 1. The molecule has 1 aromatic rings. The van der Waals surface area contributed by atoms with Crippen molar-refractivity contribution < 1.29 is 0 Å². The molecule has 2 nitrogen and oxygen atoms in total. The Balaban J connectivity index is 3.01. The molecule has 0 fully saturated rings. The van der Waals surface area contributed by atoms with Crippen LogP contribution in [0.3, 0.4) is 0 Å². The van der Waals surface area contributed by atoms with Crippen LogP contribution in [0.2, 0.25) is 5.02 Å². The molecule has 0 saturated carbocycles. The fourth-order valence-corrected chi connectivity index (χ4v) is 2.36. The van der Waals surface area contributed by atoms with Crippen molar-refractivity contribution in [2.75, 3.05) is 7.05 Å². The zero-order valence-corrected chi connectivity index (χ0v) is 11.9. The van der Waals surface area contributed by atoms with Gasteiger partial charge in [0.15, 0.2) is 0 Å². The molecule has 17 heavy (non-hydrogen) atoms. The molecule has 0 aliphatic rings. The number of hydrogen-bond acceptors (Lipinski definition) is 2. The maximum absolute atomic E-state index is 6.13. The van der Waals surface area contributed by atoms with E-state index >= 15 is 0 Å². The summed E-state index contributed by atoms with van der Waals surface area (Å²) in [5.41, 5.74) is 7.32. The van der Waals surface area contributed by atoms with Crippen LogP contribution in [-0.2, 0) is 0 Å². The second-order valence-electron chi connectivity index (χ2n) is 4.78. The first-order valence-electron chi connectivity index (χ1n) is 6.20. The second kappa shape index (κ2) is 6.39. The molecule has 3 unspecified atom stereocenters. The molecule has 0 saturated heterocycles. The van der Waals surface area contributed by atoms with E-state index in [2.05, 4.69) is 31.9 Å². The maximum Gasteiger partial charge on any atom is 0.0496 e. The fourth-order valence-electron chi connectivity index (χ4n) is 2.16. The third-order valence-corrected chi connectivity index (χ3v) is 3.65. The number of hydrogen-bond donors (Lipinski definition) is 1. The van der Waals surface area contributed by atoms with E-state index in [4.69, 9.17) is 17.3 Å². The van der Waals surface area contributed by atoms with Gasteiger partial charge in [-0.15, -0.1) is 0 Å². The normalized spacial score (nSPS) is 16.9. The van der Waals surface area contributed by atoms with E-state index < -0.39 is 0 Å². The standard InChI is InChI=1S/C14H23ClN2/c1-5-10(2)17(4)14(11(3)16)12-7-6-8-13(15)9-12/h6-11,14H,5,16H2,1-4H3. The molecule has 0 heterocycles. The first-order valence-corrected chi connectivity index (χ1v) is 6.58. The van der Waals surface area contributed by atoms with E-state index in [1.807, 2.05) is 25.1 Å². The molecular weight excluding hydrogens is 232 g/mol. The summed E-state index contributed by atoms with van der Waals surface area (Å²) in [5, 5.41) is 0.769. The minimum Gasteiger partial charge on any atom is -0.326 e. The Morgan fingerprint density at radius 1 is 1.35 bits per heavy atom. The van der Waals surface area contributed by atoms with Crippen LogP contribution in [-0.4, -0.2) is 24.0 Å². The maximum atomic E-state index is 6.13. The molecule has 2 N–H and O–H groups in total. The van der Waals surface area contributed by atoms with Gasteiger partial charge in [0.1, 0.15) is 0 Å². The van der Waals surface area contributed by atoms with E-state index in [0.29, 0.717) is 6.04 Å². The van der Waals surface area contributed by atoms with Gasteiger partial charge in [-0.25, -0.2) is 0 Å². The van der Waals surface area contributed by atoms with Crippen molar-refractivity contribution in [2.45, 2.75) is 45.3 Å². The Morgan fingerprint density at radius 2 is 2.00 bits per heavy atom. The number of benzene rings is 1. The van der Waals surface area contributed by atoms with Gasteiger partial charge in [0.2, 0.25) is 0 Å². The lowest BCUT2D eigenvalue weighted by molar-refractivity contribution is 0.161. The van der Waals surface area contributed by atoms with Gasteiger partial charge in [0, 0.05) is 23.1 Å². The number of nitrogens with two attached hydrogens (primary N) is 1. The highest BCUT2D eigenvalue weighted by molar-refractivity contribution is 6.30. The van der Waals surface area contributed by atoms with Crippen LogP contribution >= 0.6 is 11.6 Å². The third kappa shape index (κ3) is 3.70. The van der Waals surface area contributed by atoms with Crippen LogP contribution in [0.15, 0.2) is 24.3 Å². The van der Waals surface area contributed by atoms with E-state index in [1.165, 1.54) is 5.56 Å². The second-order valence-corrected chi connectivity index (χ2v) is 5.22. The van der Waals surface area contributed by atoms with Crippen LogP contribution in [0.25, 0.3) is 0 Å². The Labute approximate surface area is 110 Å². The summed E-state index contributed by atoms with van der Waals surface area (Å²) in [6, 6.07) is 8.78. The first kappa shape index (κ1) is 14.5. The van der Waals surface area contributed by atoms with Gasteiger partial charge < -0.3 is 5.73 Å². The molecule has 1 rings (SSSR count). The molecule has 0 amide bonds. The molecule has 0 radical (unpaired) electrons. The van der Waals surface area contributed by atoms with Crippen molar-refractivity contribution in [3.05, 3.63) is 34.9 Å². The molecule has 3 atom stereocenters. The molecule has 0 aromatic heterocycles. The topological polar surface area (TPSA) is 29.3 Å². The largest absolute Gasteiger partial charge is 0.326 e. The quantitative estimate of drug-likeness (QED) is 0.872. The lowest BCUT2D eigenvalue weighted by Gasteiger charge is -2.35. The fraction of sp³-hybridized carbons (Fsp3) is 0.571. The lowest BCUT2D eigenvalue weighted by atomic mass is 9.98. The van der Waals surface area contributed by atoms with Gasteiger partial charge in [-0.3, -0.25) is 4.90 Å². The van der Waals surface area contributed by atoms with Crippen molar-refractivity contribution in [2.24, 2.45) is 5.73 Å². The van der Waals surface area contributed by atoms with Crippen LogP contribution in [0.1, 0.15) is 38.8 Å². The number of nitrogens with zero attached hydrogens (tertiary/aromatic N) is 1. The third-order valence-electron chi connectivity index (χ3n) is 3.41. The molecule has 96 valence electrons. The Bertz CT molecular complexity index is 352. The SMILES string of the molecule is CCC(C)N(C)C(c1cccc(Cl)c1)C(C)N. The summed E-state index contributed by atoms with van der Waals surface area (Å²) in [6.45, 7) is 6.46. The Hall–Kier alpha value is -0.570. The number of likely N-dealkylation sites (N-methyl/N-ethyl adjacent to an activating group) is 1. The van der Waals surface area contributed by atoms with Gasteiger partial charge in [0.25, 0.3) is 0 Å². The Kier molecular flexibility index (Phi) is 5.44. The van der Waals surface area contributed by atoms with Gasteiger partial charge in [-0.1, -0.05) is 30.7 Å². The number of rotatable bonds is 5. The van der Waals surface area contributed by atoms with Crippen molar-refractivity contribution in [1.82, 2.24) is 4.90 Å². The molecule has 3 heteroatoms. The van der Waals surface area contributed by atoms with Crippen molar-refractivity contribution in [1.29, 1.82) is 0 Å². The predicted octanol–water partition coefficient (Wildman–Crippen LogP) is 3.46. The molecular formula is C14H23ClN2. The van der Waals surface area contributed by atoms with Crippen molar-refractivity contribution in [3.63, 3.8) is 0 Å². The van der Waals surface area contributed by atoms with Crippen LogP contribution in [0, 0.1) is 0 Å². The van der Waals surface area contributed by atoms with Gasteiger partial charge in [0.05, 0.1) is 0 Å². The molecule has 0 aliphatic carbocycles. The zero-order valence-electron chi connectivity index (χ0n) is 11.2. The van der Waals surface area contributed by atoms with Crippen LogP contribution in [0.4, 0.5) is 0 Å². The highest BCUT2D eigenvalue weighted by atomic mass is 35.5. The average Bonchev–Trinajstić information content (AvgIpc) is 2.27. The van der Waals surface area contributed by atoms with Crippen molar-refractivity contribution >= 4 is 11.6 Å². The van der Waals surface area contributed by atoms with E-state index in [0.717, 1.165) is 11.4 Å². The summed E-state index contributed by atoms with van der Waals surface area (Å²) in [6.07, 6.45) is 1.11. The Morgan fingerprint density at radius 3 is 2.47 bits per heavy atom. The molecule has 1 aromatic carbocycles. The minimum atomic E-state index is 0.0764. The van der Waals surface area contributed by atoms with Gasteiger partial charge >= 0.3 is 0 Å². The lowest BCUT2D eigenvalue weighted by Crippen LogP contribution is -2.41. The van der Waals surface area contributed by atoms with E-state index in [1.54, 1.807) is 0 Å². The summed E-state index contributed by atoms with van der Waals surface area (Å²) in [5.74, 6) is 0. The highest BCUT2D eigenvalue weighted by Crippen LogP contribution is 2.26. The summed E-state index contributed by atoms with van der Waals surface area (Å²) in [4.78, 5) is 2.33. The van der Waals surface area contributed by atoms with Gasteiger partial charge in [-0.05, 0) is 45.0 Å². The summed E-state index contributed by atoms with van der Waals surface area (Å²) in [7, 11) is 2.13. The summed E-state index contributed by atoms with van der Waals surface area (Å²) >= 11 is 6.05. The smallest absolute Gasteiger partial charge is 0.0496 e. The molecule has 0 bridgehead atoms. The van der Waals surface area contributed by atoms with E-state index in [9.17, 15) is 0 Å². The van der Waals surface area contributed by atoms with E-state index in [-0.39, 0.29) is 12.1 Å². The highest BCUT2D eigenvalue weighted by Gasteiger charge is 2.24.